The molecule has 1 atom stereocenters. The molecule has 0 aromatic rings. The zero-order valence-electron chi connectivity index (χ0n) is 8.12. The quantitative estimate of drug-likeness (QED) is 0.498. The zero-order valence-corrected chi connectivity index (χ0v) is 8.12. The van der Waals surface area contributed by atoms with Crippen LogP contribution in [-0.2, 0) is 4.74 Å². The van der Waals surface area contributed by atoms with E-state index < -0.39 is 6.10 Å². The van der Waals surface area contributed by atoms with E-state index in [2.05, 4.69) is 5.32 Å². The Balaban J connectivity index is 2.00. The van der Waals surface area contributed by atoms with Crippen LogP contribution in [-0.4, -0.2) is 49.7 Å². The van der Waals surface area contributed by atoms with Gasteiger partial charge < -0.3 is 20.3 Å². The molecule has 78 valence electrons. The Bertz CT molecular complexity index is 148. The molecule has 0 radical (unpaired) electrons. The van der Waals surface area contributed by atoms with Crippen molar-refractivity contribution in [1.82, 2.24) is 5.32 Å². The Hall–Kier alpha value is -0.160. The van der Waals surface area contributed by atoms with Crippen molar-refractivity contribution in [3.8, 4) is 0 Å². The molecule has 0 spiro atoms. The second-order valence-corrected chi connectivity index (χ2v) is 3.90. The van der Waals surface area contributed by atoms with Crippen molar-refractivity contribution >= 4 is 0 Å². The molecular weight excluding hydrogens is 170 g/mol. The molecule has 0 aromatic heterocycles. The van der Waals surface area contributed by atoms with E-state index in [1.54, 1.807) is 7.11 Å². The number of ether oxygens (including phenoxy) is 1. The van der Waals surface area contributed by atoms with E-state index in [0.29, 0.717) is 13.2 Å². The first kappa shape index (κ1) is 10.9. The molecule has 0 saturated heterocycles. The van der Waals surface area contributed by atoms with Crippen molar-refractivity contribution in [3.63, 3.8) is 0 Å². The molecular formula is C9H19NO3. The van der Waals surface area contributed by atoms with Crippen molar-refractivity contribution in [1.29, 1.82) is 0 Å². The lowest BCUT2D eigenvalue weighted by molar-refractivity contribution is 0.0629. The fraction of sp³-hybridized carbons (Fsp3) is 1.00. The molecule has 1 saturated carbocycles. The van der Waals surface area contributed by atoms with Crippen molar-refractivity contribution in [2.24, 2.45) is 5.41 Å². The van der Waals surface area contributed by atoms with E-state index in [4.69, 9.17) is 9.84 Å². The molecule has 1 fully saturated rings. The van der Waals surface area contributed by atoms with Gasteiger partial charge in [-0.05, 0) is 12.8 Å². The van der Waals surface area contributed by atoms with Crippen molar-refractivity contribution in [3.05, 3.63) is 0 Å². The molecule has 0 aromatic carbocycles. The molecule has 1 unspecified atom stereocenters. The van der Waals surface area contributed by atoms with E-state index in [9.17, 15) is 5.11 Å². The van der Waals surface area contributed by atoms with Gasteiger partial charge in [-0.1, -0.05) is 0 Å². The molecule has 1 rings (SSSR count). The molecule has 1 aliphatic carbocycles. The van der Waals surface area contributed by atoms with E-state index >= 15 is 0 Å². The molecule has 0 bridgehead atoms. The average molecular weight is 189 g/mol. The van der Waals surface area contributed by atoms with Crippen molar-refractivity contribution in [2.75, 3.05) is 33.4 Å². The normalized spacial score (nSPS) is 21.5. The summed E-state index contributed by atoms with van der Waals surface area (Å²) < 4.78 is 4.79. The van der Waals surface area contributed by atoms with Crippen LogP contribution in [0.2, 0.25) is 0 Å². The Morgan fingerprint density at radius 3 is 2.69 bits per heavy atom. The van der Waals surface area contributed by atoms with Gasteiger partial charge in [0.05, 0.1) is 12.7 Å². The van der Waals surface area contributed by atoms with E-state index in [1.165, 1.54) is 0 Å². The fourth-order valence-corrected chi connectivity index (χ4v) is 1.32. The number of hydrogen-bond donors (Lipinski definition) is 3. The summed E-state index contributed by atoms with van der Waals surface area (Å²) in [5.41, 5.74) is 0.118. The minimum absolute atomic E-state index is 0.118. The fourth-order valence-electron chi connectivity index (χ4n) is 1.32. The summed E-state index contributed by atoms with van der Waals surface area (Å²) in [4.78, 5) is 0. The lowest BCUT2D eigenvalue weighted by Crippen LogP contribution is -2.34. The first-order valence-electron chi connectivity index (χ1n) is 4.71. The van der Waals surface area contributed by atoms with Gasteiger partial charge in [0.2, 0.25) is 0 Å². The summed E-state index contributed by atoms with van der Waals surface area (Å²) in [7, 11) is 1.57. The first-order chi connectivity index (χ1) is 6.22. The zero-order chi connectivity index (χ0) is 9.73. The Morgan fingerprint density at radius 2 is 2.23 bits per heavy atom. The summed E-state index contributed by atoms with van der Waals surface area (Å²) in [6.07, 6.45) is 1.74. The number of rotatable bonds is 7. The second kappa shape index (κ2) is 4.91. The van der Waals surface area contributed by atoms with Gasteiger partial charge in [-0.2, -0.15) is 0 Å². The maximum atomic E-state index is 9.29. The van der Waals surface area contributed by atoms with Crippen molar-refractivity contribution in [2.45, 2.75) is 18.9 Å². The number of aliphatic hydroxyl groups is 2. The van der Waals surface area contributed by atoms with Crippen LogP contribution in [0.15, 0.2) is 0 Å². The maximum Gasteiger partial charge on any atom is 0.0897 e. The first-order valence-corrected chi connectivity index (χ1v) is 4.71. The molecule has 0 aliphatic heterocycles. The molecule has 1 aliphatic rings. The predicted octanol–water partition coefficient (Wildman–Crippen LogP) is -0.644. The van der Waals surface area contributed by atoms with E-state index in [0.717, 1.165) is 19.4 Å². The molecule has 4 nitrogen and oxygen atoms in total. The standard InChI is InChI=1S/C9H19NO3/c1-13-5-8(12)4-10-6-9(7-11)2-3-9/h8,10-12H,2-7H2,1H3. The molecule has 4 heteroatoms. The van der Waals surface area contributed by atoms with Crippen LogP contribution in [0.3, 0.4) is 0 Å². The minimum atomic E-state index is -0.445. The second-order valence-electron chi connectivity index (χ2n) is 3.90. The smallest absolute Gasteiger partial charge is 0.0897 e. The third kappa shape index (κ3) is 3.60. The third-order valence-corrected chi connectivity index (χ3v) is 2.53. The van der Waals surface area contributed by atoms with Crippen LogP contribution >= 0.6 is 0 Å². The van der Waals surface area contributed by atoms with Crippen LogP contribution in [0.5, 0.6) is 0 Å². The van der Waals surface area contributed by atoms with Gasteiger partial charge in [0, 0.05) is 32.2 Å². The molecule has 0 heterocycles. The third-order valence-electron chi connectivity index (χ3n) is 2.53. The maximum absolute atomic E-state index is 9.29. The summed E-state index contributed by atoms with van der Waals surface area (Å²) in [6, 6.07) is 0. The monoisotopic (exact) mass is 189 g/mol. The van der Waals surface area contributed by atoms with Crippen molar-refractivity contribution < 1.29 is 14.9 Å². The Morgan fingerprint density at radius 1 is 1.54 bits per heavy atom. The van der Waals surface area contributed by atoms with E-state index in [-0.39, 0.29) is 12.0 Å². The van der Waals surface area contributed by atoms with Gasteiger partial charge in [0.1, 0.15) is 0 Å². The number of nitrogens with one attached hydrogen (secondary N) is 1. The van der Waals surface area contributed by atoms with Crippen LogP contribution in [0.4, 0.5) is 0 Å². The van der Waals surface area contributed by atoms with Crippen LogP contribution < -0.4 is 5.32 Å². The lowest BCUT2D eigenvalue weighted by Gasteiger charge is -2.15. The van der Waals surface area contributed by atoms with Gasteiger partial charge in [-0.3, -0.25) is 0 Å². The Labute approximate surface area is 78.9 Å². The Kier molecular flexibility index (Phi) is 4.12. The summed E-state index contributed by atoms with van der Waals surface area (Å²) in [5.74, 6) is 0. The highest BCUT2D eigenvalue weighted by Gasteiger charge is 2.41. The average Bonchev–Trinajstić information content (AvgIpc) is 2.86. The summed E-state index contributed by atoms with van der Waals surface area (Å²) in [5, 5.41) is 21.4. The van der Waals surface area contributed by atoms with Gasteiger partial charge >= 0.3 is 0 Å². The van der Waals surface area contributed by atoms with E-state index in [1.807, 2.05) is 0 Å². The highest BCUT2D eigenvalue weighted by atomic mass is 16.5. The van der Waals surface area contributed by atoms with Crippen LogP contribution in [0.25, 0.3) is 0 Å². The number of methoxy groups -OCH3 is 1. The summed E-state index contributed by atoms with van der Waals surface area (Å²) in [6.45, 7) is 1.94. The lowest BCUT2D eigenvalue weighted by atomic mass is 10.1. The number of hydrogen-bond acceptors (Lipinski definition) is 4. The minimum Gasteiger partial charge on any atom is -0.396 e. The number of aliphatic hydroxyl groups excluding tert-OH is 2. The topological polar surface area (TPSA) is 61.7 Å². The molecule has 0 amide bonds. The SMILES string of the molecule is COCC(O)CNCC1(CO)CC1. The highest BCUT2D eigenvalue weighted by Crippen LogP contribution is 2.44. The van der Waals surface area contributed by atoms with Gasteiger partial charge in [0.15, 0.2) is 0 Å². The largest absolute Gasteiger partial charge is 0.396 e. The van der Waals surface area contributed by atoms with Gasteiger partial charge in [0.25, 0.3) is 0 Å². The van der Waals surface area contributed by atoms with Gasteiger partial charge in [-0.15, -0.1) is 0 Å². The van der Waals surface area contributed by atoms with Crippen LogP contribution in [0, 0.1) is 5.41 Å². The predicted molar refractivity (Wildman–Crippen MR) is 49.5 cm³/mol. The molecule has 3 N–H and O–H groups in total. The van der Waals surface area contributed by atoms with Crippen LogP contribution in [0.1, 0.15) is 12.8 Å². The highest BCUT2D eigenvalue weighted by molar-refractivity contribution is 4.94. The molecule has 13 heavy (non-hydrogen) atoms. The summed E-state index contributed by atoms with van der Waals surface area (Å²) >= 11 is 0. The van der Waals surface area contributed by atoms with Gasteiger partial charge in [-0.25, -0.2) is 0 Å².